The number of aliphatic hydroxyl groups excluding tert-OH is 1. The number of H-pyrrole nitrogens is 1. The molecule has 1 fully saturated rings. The average Bonchev–Trinajstić information content (AvgIpc) is 3.20. The lowest BCUT2D eigenvalue weighted by Crippen LogP contribution is -2.54. The molecular weight excluding hydrogens is 465 g/mol. The van der Waals surface area contributed by atoms with Crippen LogP contribution >= 0.6 is 0 Å². The number of likely N-dealkylation sites (tertiary alicyclic amines) is 1. The smallest absolute Gasteiger partial charge is 0.283 e. The van der Waals surface area contributed by atoms with Crippen LogP contribution in [0.5, 0.6) is 0 Å². The number of nitrogens with one attached hydrogen (secondary N) is 2. The maximum atomic E-state index is 14.6. The Morgan fingerprint density at radius 1 is 1.14 bits per heavy atom. The molecule has 2 atom stereocenters. The number of aliphatic hydroxyl groups is 1. The van der Waals surface area contributed by atoms with E-state index in [1.807, 2.05) is 37.3 Å². The zero-order valence-corrected chi connectivity index (χ0v) is 20.9. The Balaban J connectivity index is 1.44. The van der Waals surface area contributed by atoms with Crippen molar-refractivity contribution in [3.8, 4) is 0 Å². The van der Waals surface area contributed by atoms with Crippen molar-refractivity contribution in [3.05, 3.63) is 65.1 Å². The molecule has 3 heterocycles. The predicted molar refractivity (Wildman–Crippen MR) is 137 cm³/mol. The number of hydrogen-bond donors (Lipinski definition) is 3. The van der Waals surface area contributed by atoms with Crippen molar-refractivity contribution >= 4 is 16.6 Å². The van der Waals surface area contributed by atoms with Gasteiger partial charge in [-0.05, 0) is 55.6 Å². The van der Waals surface area contributed by atoms with Crippen LogP contribution in [0.2, 0.25) is 0 Å². The zero-order valence-electron chi connectivity index (χ0n) is 20.9. The number of rotatable bonds is 9. The summed E-state index contributed by atoms with van der Waals surface area (Å²) in [4.78, 5) is 7.40. The summed E-state index contributed by atoms with van der Waals surface area (Å²) in [6.07, 6.45) is 2.93. The summed E-state index contributed by atoms with van der Waals surface area (Å²) in [5.41, 5.74) is 3.97. The average molecular weight is 501 g/mol. The SMILES string of the molecule is CCCCN1CC(Nc2ccc(C3c4[nH]c5c(F)cccc5c4CC(C)N3CC(F)(F)CO)cc2)C1. The molecule has 36 heavy (non-hydrogen) atoms. The first-order valence-electron chi connectivity index (χ1n) is 12.9. The van der Waals surface area contributed by atoms with Crippen molar-refractivity contribution in [3.63, 3.8) is 0 Å². The minimum Gasteiger partial charge on any atom is -0.390 e. The number of aromatic nitrogens is 1. The first-order valence-corrected chi connectivity index (χ1v) is 12.9. The summed E-state index contributed by atoms with van der Waals surface area (Å²) in [6.45, 7) is 5.50. The van der Waals surface area contributed by atoms with Crippen LogP contribution in [0.4, 0.5) is 18.9 Å². The van der Waals surface area contributed by atoms with Gasteiger partial charge in [0.05, 0.1) is 24.1 Å². The largest absolute Gasteiger partial charge is 0.390 e. The second kappa shape index (κ2) is 10.1. The van der Waals surface area contributed by atoms with E-state index in [-0.39, 0.29) is 11.9 Å². The molecule has 2 aliphatic heterocycles. The van der Waals surface area contributed by atoms with Gasteiger partial charge >= 0.3 is 0 Å². The Labute approximate surface area is 210 Å². The van der Waals surface area contributed by atoms with Crippen LogP contribution in [0.25, 0.3) is 10.9 Å². The van der Waals surface area contributed by atoms with E-state index in [0.29, 0.717) is 18.0 Å². The fraction of sp³-hybridized carbons (Fsp3) is 0.500. The number of aromatic amines is 1. The molecule has 0 amide bonds. The van der Waals surface area contributed by atoms with Crippen molar-refractivity contribution in [2.24, 2.45) is 0 Å². The van der Waals surface area contributed by atoms with Crippen molar-refractivity contribution in [2.45, 2.75) is 57.2 Å². The summed E-state index contributed by atoms with van der Waals surface area (Å²) < 4.78 is 43.5. The molecule has 2 aliphatic rings. The van der Waals surface area contributed by atoms with Gasteiger partial charge in [0.1, 0.15) is 12.4 Å². The highest BCUT2D eigenvalue weighted by Crippen LogP contribution is 2.42. The van der Waals surface area contributed by atoms with Gasteiger partial charge in [-0.15, -0.1) is 0 Å². The summed E-state index contributed by atoms with van der Waals surface area (Å²) in [5, 5.41) is 13.6. The molecule has 194 valence electrons. The first-order chi connectivity index (χ1) is 17.3. The Bertz CT molecular complexity index is 1190. The van der Waals surface area contributed by atoms with Crippen LogP contribution in [0.15, 0.2) is 42.5 Å². The molecule has 2 unspecified atom stereocenters. The summed E-state index contributed by atoms with van der Waals surface area (Å²) in [5.74, 6) is -3.59. The second-order valence-electron chi connectivity index (χ2n) is 10.4. The Morgan fingerprint density at radius 3 is 2.58 bits per heavy atom. The molecule has 5 nitrogen and oxygen atoms in total. The van der Waals surface area contributed by atoms with Gasteiger partial charge in [0.15, 0.2) is 0 Å². The Kier molecular flexibility index (Phi) is 7.03. The van der Waals surface area contributed by atoms with Gasteiger partial charge in [-0.3, -0.25) is 9.80 Å². The molecule has 0 bridgehead atoms. The van der Waals surface area contributed by atoms with Gasteiger partial charge in [-0.25, -0.2) is 13.2 Å². The summed E-state index contributed by atoms with van der Waals surface area (Å²) in [6, 6.07) is 12.6. The van der Waals surface area contributed by atoms with Crippen LogP contribution in [-0.2, 0) is 6.42 Å². The van der Waals surface area contributed by atoms with Crippen LogP contribution in [0, 0.1) is 5.82 Å². The van der Waals surface area contributed by atoms with Crippen molar-refractivity contribution in [2.75, 3.05) is 38.1 Å². The molecule has 0 spiro atoms. The predicted octanol–water partition coefficient (Wildman–Crippen LogP) is 5.17. The molecule has 2 aromatic carbocycles. The third kappa shape index (κ3) is 4.86. The minimum atomic E-state index is -3.24. The van der Waals surface area contributed by atoms with E-state index in [9.17, 15) is 18.3 Å². The van der Waals surface area contributed by atoms with E-state index in [1.54, 1.807) is 11.0 Å². The lowest BCUT2D eigenvalue weighted by molar-refractivity contribution is -0.0864. The number of unbranched alkanes of at least 4 members (excludes halogenated alkanes) is 1. The monoisotopic (exact) mass is 500 g/mol. The fourth-order valence-corrected chi connectivity index (χ4v) is 5.69. The number of benzene rings is 2. The standard InChI is InChI=1S/C28H35F3N4O/c1-3-4-12-34-14-21(15-34)32-20-10-8-19(9-11-20)27-26-23(22-6-5-7-24(29)25(22)33-26)13-18(2)35(27)16-28(30,31)17-36/h5-11,18,21,27,32-33,36H,3-4,12-17H2,1-2H3. The van der Waals surface area contributed by atoms with Crippen molar-refractivity contribution in [1.29, 1.82) is 0 Å². The molecule has 0 saturated carbocycles. The van der Waals surface area contributed by atoms with E-state index in [2.05, 4.69) is 22.1 Å². The molecule has 8 heteroatoms. The molecule has 0 aliphatic carbocycles. The first kappa shape index (κ1) is 25.1. The summed E-state index contributed by atoms with van der Waals surface area (Å²) in [7, 11) is 0. The summed E-state index contributed by atoms with van der Waals surface area (Å²) >= 11 is 0. The highest BCUT2D eigenvalue weighted by Gasteiger charge is 2.41. The molecule has 1 aromatic heterocycles. The van der Waals surface area contributed by atoms with E-state index in [4.69, 9.17) is 0 Å². The number of hydrogen-bond acceptors (Lipinski definition) is 4. The Hall–Kier alpha value is -2.55. The maximum Gasteiger partial charge on any atom is 0.283 e. The van der Waals surface area contributed by atoms with E-state index < -0.39 is 25.1 Å². The van der Waals surface area contributed by atoms with Gasteiger partial charge in [-0.2, -0.15) is 0 Å². The lowest BCUT2D eigenvalue weighted by Gasteiger charge is -2.42. The highest BCUT2D eigenvalue weighted by molar-refractivity contribution is 5.86. The third-order valence-corrected chi connectivity index (χ3v) is 7.62. The molecule has 3 N–H and O–H groups in total. The number of halogens is 3. The number of alkyl halides is 2. The number of nitrogens with zero attached hydrogens (tertiary/aromatic N) is 2. The van der Waals surface area contributed by atoms with E-state index in [1.165, 1.54) is 18.9 Å². The second-order valence-corrected chi connectivity index (χ2v) is 10.4. The van der Waals surface area contributed by atoms with Crippen LogP contribution in [0.1, 0.15) is 49.6 Å². The quantitative estimate of drug-likeness (QED) is 0.380. The van der Waals surface area contributed by atoms with Crippen molar-refractivity contribution in [1.82, 2.24) is 14.8 Å². The third-order valence-electron chi connectivity index (χ3n) is 7.62. The number of anilines is 1. The molecule has 3 aromatic rings. The molecule has 5 rings (SSSR count). The molecule has 1 saturated heterocycles. The van der Waals surface area contributed by atoms with Crippen LogP contribution < -0.4 is 5.32 Å². The van der Waals surface area contributed by atoms with Gasteiger partial charge < -0.3 is 15.4 Å². The molecular formula is C28H35F3N4O. The van der Waals surface area contributed by atoms with Crippen molar-refractivity contribution < 1.29 is 18.3 Å². The van der Waals surface area contributed by atoms with Gasteiger partial charge in [0, 0.05) is 35.9 Å². The van der Waals surface area contributed by atoms with Crippen LogP contribution in [-0.4, -0.2) is 70.7 Å². The fourth-order valence-electron chi connectivity index (χ4n) is 5.69. The number of para-hydroxylation sites is 1. The zero-order chi connectivity index (χ0) is 25.4. The Morgan fingerprint density at radius 2 is 1.89 bits per heavy atom. The van der Waals surface area contributed by atoms with E-state index in [0.717, 1.165) is 47.5 Å². The van der Waals surface area contributed by atoms with Gasteiger partial charge in [0.2, 0.25) is 0 Å². The van der Waals surface area contributed by atoms with E-state index >= 15 is 0 Å². The highest BCUT2D eigenvalue weighted by atomic mass is 19.3. The lowest BCUT2D eigenvalue weighted by atomic mass is 9.88. The number of fused-ring (bicyclic) bond motifs is 3. The van der Waals surface area contributed by atoms with Crippen LogP contribution in [0.3, 0.4) is 0 Å². The maximum absolute atomic E-state index is 14.6. The minimum absolute atomic E-state index is 0.218. The normalized spacial score (nSPS) is 21.5. The molecule has 0 radical (unpaired) electrons. The van der Waals surface area contributed by atoms with Gasteiger partial charge in [0.25, 0.3) is 5.92 Å². The van der Waals surface area contributed by atoms with Gasteiger partial charge in [-0.1, -0.05) is 37.6 Å². The topological polar surface area (TPSA) is 54.5 Å².